The predicted octanol–water partition coefficient (Wildman–Crippen LogP) is 4.01. The zero-order valence-electron chi connectivity index (χ0n) is 14.5. The fraction of sp³-hybridized carbons (Fsp3) is 0.235. The molecular formula is C17H12As2Cl2O4S4. The molecule has 5 rings (SSSR count). The monoisotopic (exact) mass is 628 g/mol. The van der Waals surface area contributed by atoms with Gasteiger partial charge in [-0.2, -0.15) is 0 Å². The van der Waals surface area contributed by atoms with Gasteiger partial charge in [-0.15, -0.1) is 0 Å². The molecule has 12 heteroatoms. The van der Waals surface area contributed by atoms with Crippen LogP contribution in [0.1, 0.15) is 0 Å². The first-order valence-corrected chi connectivity index (χ1v) is 24.0. The van der Waals surface area contributed by atoms with Crippen LogP contribution in [0, 0.1) is 0 Å². The maximum atomic E-state index is 13.5. The van der Waals surface area contributed by atoms with Crippen LogP contribution in [0.25, 0.3) is 21.9 Å². The zero-order chi connectivity index (χ0) is 20.3. The second-order valence-corrected chi connectivity index (χ2v) is 30.1. The number of phenolic OH excluding ortho intramolecular Hbond substituents is 2. The molecule has 0 bridgehead atoms. The van der Waals surface area contributed by atoms with Crippen molar-refractivity contribution in [3.05, 3.63) is 32.4 Å². The molecule has 2 saturated heterocycles. The number of phenols is 2. The van der Waals surface area contributed by atoms with E-state index in [9.17, 15) is 15.0 Å². The quantitative estimate of drug-likeness (QED) is 0.326. The number of aromatic hydroxyl groups is 2. The molecule has 29 heavy (non-hydrogen) atoms. The summed E-state index contributed by atoms with van der Waals surface area (Å²) in [5.41, 5.74) is 0.514. The van der Waals surface area contributed by atoms with E-state index in [-0.39, 0.29) is 32.4 Å². The number of halogens is 2. The van der Waals surface area contributed by atoms with E-state index in [0.717, 1.165) is 27.4 Å². The summed E-state index contributed by atoms with van der Waals surface area (Å²) in [6, 6.07) is 2.93. The molecule has 1 aromatic heterocycles. The molecule has 2 aromatic carbocycles. The molecule has 2 aliphatic heterocycles. The van der Waals surface area contributed by atoms with Crippen LogP contribution in [0.5, 0.6) is 11.5 Å². The van der Waals surface area contributed by atoms with Crippen molar-refractivity contribution in [1.29, 1.82) is 0 Å². The maximum absolute atomic E-state index is 13.5. The minimum absolute atomic E-state index is 0.0128. The van der Waals surface area contributed by atoms with Gasteiger partial charge in [-0.25, -0.2) is 0 Å². The van der Waals surface area contributed by atoms with Gasteiger partial charge >= 0.3 is 200 Å². The fourth-order valence-corrected chi connectivity index (χ4v) is 33.4. The Morgan fingerprint density at radius 3 is 2.07 bits per heavy atom. The fourth-order valence-electron chi connectivity index (χ4n) is 3.19. The van der Waals surface area contributed by atoms with E-state index >= 15 is 0 Å². The molecule has 0 aliphatic carbocycles. The Balaban J connectivity index is 1.93. The van der Waals surface area contributed by atoms with Gasteiger partial charge in [-0.05, 0) is 0 Å². The van der Waals surface area contributed by atoms with Crippen LogP contribution in [0.4, 0.5) is 0 Å². The average molecular weight is 629 g/mol. The van der Waals surface area contributed by atoms with Crippen molar-refractivity contribution in [3.63, 3.8) is 0 Å². The van der Waals surface area contributed by atoms with E-state index in [0.29, 0.717) is 20.9 Å². The van der Waals surface area contributed by atoms with Gasteiger partial charge in [0.2, 0.25) is 0 Å². The molecule has 0 saturated carbocycles. The first-order valence-electron chi connectivity index (χ1n) is 8.42. The third-order valence-corrected chi connectivity index (χ3v) is 32.2. The molecule has 0 unspecified atom stereocenters. The predicted molar refractivity (Wildman–Crippen MR) is 134 cm³/mol. The second-order valence-electron chi connectivity index (χ2n) is 6.14. The third-order valence-electron chi connectivity index (χ3n) is 4.41. The van der Waals surface area contributed by atoms with Gasteiger partial charge in [0.05, 0.1) is 0 Å². The van der Waals surface area contributed by atoms with E-state index in [1.54, 1.807) is 0 Å². The molecule has 0 atom stereocenters. The van der Waals surface area contributed by atoms with Crippen molar-refractivity contribution in [3.8, 4) is 11.5 Å². The van der Waals surface area contributed by atoms with E-state index in [1.807, 2.05) is 40.1 Å². The summed E-state index contributed by atoms with van der Waals surface area (Å²) in [4.78, 5) is 13.5. The van der Waals surface area contributed by atoms with E-state index < -0.39 is 24.7 Å². The number of hydrogen-bond donors (Lipinski definition) is 2. The van der Waals surface area contributed by atoms with Crippen LogP contribution in [-0.4, -0.2) is 57.9 Å². The first-order chi connectivity index (χ1) is 14.0. The molecule has 3 aromatic rings. The normalized spacial score (nSPS) is 18.4. The van der Waals surface area contributed by atoms with Crippen molar-refractivity contribution < 1.29 is 14.6 Å². The summed E-state index contributed by atoms with van der Waals surface area (Å²) < 4.78 is 7.79. The molecule has 3 heterocycles. The van der Waals surface area contributed by atoms with Crippen molar-refractivity contribution in [2.45, 2.75) is 0 Å². The Kier molecular flexibility index (Phi) is 6.30. The first kappa shape index (κ1) is 21.5. The van der Waals surface area contributed by atoms with Crippen molar-refractivity contribution >= 4 is 119 Å². The number of rotatable bonds is 2. The summed E-state index contributed by atoms with van der Waals surface area (Å²) in [5, 5.41) is 22.4. The second kappa shape index (κ2) is 8.51. The summed E-state index contributed by atoms with van der Waals surface area (Å²) >= 11 is 9.26. The van der Waals surface area contributed by atoms with Gasteiger partial charge < -0.3 is 0 Å². The number of benzene rings is 2. The molecule has 2 aliphatic rings. The molecule has 2 N–H and O–H groups in total. The van der Waals surface area contributed by atoms with Gasteiger partial charge in [0.1, 0.15) is 0 Å². The summed E-state index contributed by atoms with van der Waals surface area (Å²) in [6.45, 7) is 0. The van der Waals surface area contributed by atoms with Gasteiger partial charge in [-0.3, -0.25) is 0 Å². The van der Waals surface area contributed by atoms with E-state index in [2.05, 4.69) is 0 Å². The minimum atomic E-state index is -1.73. The molecular weight excluding hydrogens is 617 g/mol. The molecule has 2 fully saturated rings. The number of fused-ring (bicyclic) bond motifs is 2. The van der Waals surface area contributed by atoms with Gasteiger partial charge in [-0.1, -0.05) is 0 Å². The summed E-state index contributed by atoms with van der Waals surface area (Å²) in [6.07, 6.45) is 0. The van der Waals surface area contributed by atoms with Crippen LogP contribution in [0.15, 0.2) is 21.3 Å². The third kappa shape index (κ3) is 3.64. The Morgan fingerprint density at radius 2 is 1.45 bits per heavy atom. The standard InChI is InChI=1S/C17H12As2Cl2O4S4/c20-8-6-10(22)12(18-26-1-2-27-18)17-11(8)14(23)7-5-9(21)15(24)13(16(7)25-17)19-28-3-4-29-19/h5-6,22,24H,1-4H2. The Morgan fingerprint density at radius 1 is 0.862 bits per heavy atom. The van der Waals surface area contributed by atoms with Gasteiger partial charge in [0.15, 0.2) is 0 Å². The average Bonchev–Trinajstić information content (AvgIpc) is 3.37. The van der Waals surface area contributed by atoms with Crippen molar-refractivity contribution in [2.24, 2.45) is 0 Å². The van der Waals surface area contributed by atoms with Crippen LogP contribution < -0.4 is 14.1 Å². The SMILES string of the molecule is O=c1c2cc(Cl)c(O)c([As]3SCCS3)c2oc2c([As]3SCCS3)c(O)cc(Cl)c12. The van der Waals surface area contributed by atoms with Crippen LogP contribution in [-0.2, 0) is 0 Å². The Labute approximate surface area is 198 Å². The number of hydrogen-bond acceptors (Lipinski definition) is 8. The van der Waals surface area contributed by atoms with Gasteiger partial charge in [0, 0.05) is 0 Å². The van der Waals surface area contributed by atoms with Crippen molar-refractivity contribution in [1.82, 2.24) is 0 Å². The topological polar surface area (TPSA) is 70.7 Å². The summed E-state index contributed by atoms with van der Waals surface area (Å²) in [5.74, 6) is 4.17. The van der Waals surface area contributed by atoms with E-state index in [4.69, 9.17) is 27.6 Å². The van der Waals surface area contributed by atoms with Crippen LogP contribution in [0.2, 0.25) is 10.0 Å². The zero-order valence-corrected chi connectivity index (χ0v) is 23.0. The molecule has 0 spiro atoms. The van der Waals surface area contributed by atoms with Gasteiger partial charge in [0.25, 0.3) is 0 Å². The van der Waals surface area contributed by atoms with Crippen molar-refractivity contribution in [2.75, 3.05) is 23.0 Å². The Hall–Kier alpha value is 0.607. The Bertz CT molecular complexity index is 1210. The summed E-state index contributed by atoms with van der Waals surface area (Å²) in [7, 11) is 7.37. The molecule has 0 radical (unpaired) electrons. The van der Waals surface area contributed by atoms with Crippen LogP contribution >= 0.6 is 63.3 Å². The molecule has 4 nitrogen and oxygen atoms in total. The van der Waals surface area contributed by atoms with E-state index in [1.165, 1.54) is 12.1 Å². The molecule has 152 valence electrons. The molecule has 0 amide bonds. The van der Waals surface area contributed by atoms with Crippen LogP contribution in [0.3, 0.4) is 0 Å².